The van der Waals surface area contributed by atoms with E-state index in [2.05, 4.69) is 62.4 Å². The van der Waals surface area contributed by atoms with Crippen molar-refractivity contribution in [2.45, 2.75) is 117 Å². The van der Waals surface area contributed by atoms with Crippen LogP contribution in [0.15, 0.2) is 170 Å². The second kappa shape index (κ2) is 27.7. The first-order valence-electron chi connectivity index (χ1n) is 25.8. The van der Waals surface area contributed by atoms with E-state index in [-0.39, 0.29) is 34.1 Å². The SMILES string of the molecule is CCCCCCCCCc1ccc(-c2ccc(C(=O)Oc3ccc(C(=O)Oc4cccc(OC(=O)c5ccc(OC(=O)c6ccc(-c7ccc(CCCCCCCCC)cc7)cc6)cc5)c4)cc3)cc2)cc1. The topological polar surface area (TPSA) is 105 Å². The molecule has 0 aliphatic carbocycles. The van der Waals surface area contributed by atoms with Crippen LogP contribution in [0.2, 0.25) is 0 Å². The fourth-order valence-corrected chi connectivity index (χ4v) is 8.48. The zero-order valence-electron chi connectivity index (χ0n) is 41.7. The van der Waals surface area contributed by atoms with Gasteiger partial charge in [0.15, 0.2) is 0 Å². The van der Waals surface area contributed by atoms with E-state index in [4.69, 9.17) is 18.9 Å². The van der Waals surface area contributed by atoms with Crippen LogP contribution in [0.5, 0.6) is 23.0 Å². The molecule has 0 aliphatic rings. The fraction of sp³-hybridized carbons (Fsp3) is 0.281. The Bertz CT molecular complexity index is 2600. The molecule has 7 aromatic rings. The van der Waals surface area contributed by atoms with E-state index < -0.39 is 23.9 Å². The lowest BCUT2D eigenvalue weighted by molar-refractivity contribution is 0.0723. The third-order valence-corrected chi connectivity index (χ3v) is 12.8. The van der Waals surface area contributed by atoms with Crippen LogP contribution in [-0.4, -0.2) is 23.9 Å². The van der Waals surface area contributed by atoms with Gasteiger partial charge in [0.2, 0.25) is 0 Å². The number of hydrogen-bond donors (Lipinski definition) is 0. The molecule has 8 nitrogen and oxygen atoms in total. The second-order valence-electron chi connectivity index (χ2n) is 18.4. The van der Waals surface area contributed by atoms with Crippen LogP contribution in [0.4, 0.5) is 0 Å². The molecule has 0 atom stereocenters. The normalized spacial score (nSPS) is 10.9. The molecule has 370 valence electrons. The van der Waals surface area contributed by atoms with Crippen molar-refractivity contribution in [2.24, 2.45) is 0 Å². The van der Waals surface area contributed by atoms with Crippen molar-refractivity contribution in [1.29, 1.82) is 0 Å². The Kier molecular flexibility index (Phi) is 20.1. The van der Waals surface area contributed by atoms with Crippen LogP contribution in [0.25, 0.3) is 22.3 Å². The van der Waals surface area contributed by atoms with E-state index in [0.29, 0.717) is 11.1 Å². The van der Waals surface area contributed by atoms with Gasteiger partial charge >= 0.3 is 23.9 Å². The van der Waals surface area contributed by atoms with Gasteiger partial charge in [0.25, 0.3) is 0 Å². The van der Waals surface area contributed by atoms with E-state index in [1.807, 2.05) is 24.3 Å². The third kappa shape index (κ3) is 16.2. The van der Waals surface area contributed by atoms with Crippen molar-refractivity contribution in [3.8, 4) is 45.3 Å². The molecule has 0 heterocycles. The summed E-state index contributed by atoms with van der Waals surface area (Å²) in [5.41, 5.74) is 8.12. The fourth-order valence-electron chi connectivity index (χ4n) is 8.48. The van der Waals surface area contributed by atoms with Crippen molar-refractivity contribution in [3.05, 3.63) is 203 Å². The Balaban J connectivity index is 0.825. The number of aryl methyl sites for hydroxylation is 2. The first-order valence-corrected chi connectivity index (χ1v) is 25.8. The Labute approximate surface area is 425 Å². The first-order chi connectivity index (χ1) is 35.2. The van der Waals surface area contributed by atoms with E-state index in [1.165, 1.54) is 156 Å². The van der Waals surface area contributed by atoms with Crippen LogP contribution in [0.3, 0.4) is 0 Å². The van der Waals surface area contributed by atoms with Gasteiger partial charge in [0, 0.05) is 6.07 Å². The summed E-state index contributed by atoms with van der Waals surface area (Å²) in [6.07, 6.45) is 20.3. The molecule has 0 unspecified atom stereocenters. The molecule has 7 rings (SSSR count). The molecule has 0 bridgehead atoms. The molecular weight excluding hydrogens is 897 g/mol. The van der Waals surface area contributed by atoms with E-state index in [9.17, 15) is 19.2 Å². The summed E-state index contributed by atoms with van der Waals surface area (Å²) >= 11 is 0. The van der Waals surface area contributed by atoms with E-state index >= 15 is 0 Å². The molecule has 0 N–H and O–H groups in total. The Hall–Kier alpha value is -7.58. The van der Waals surface area contributed by atoms with Gasteiger partial charge in [-0.2, -0.15) is 0 Å². The van der Waals surface area contributed by atoms with Gasteiger partial charge < -0.3 is 18.9 Å². The van der Waals surface area contributed by atoms with Crippen molar-refractivity contribution < 1.29 is 38.1 Å². The molecule has 0 spiro atoms. The summed E-state index contributed by atoms with van der Waals surface area (Å²) in [5, 5.41) is 0. The van der Waals surface area contributed by atoms with Crippen LogP contribution in [0, 0.1) is 0 Å². The van der Waals surface area contributed by atoms with E-state index in [0.717, 1.165) is 35.1 Å². The second-order valence-corrected chi connectivity index (χ2v) is 18.4. The van der Waals surface area contributed by atoms with Crippen LogP contribution >= 0.6 is 0 Å². The number of benzene rings is 7. The summed E-state index contributed by atoms with van der Waals surface area (Å²) in [6.45, 7) is 4.49. The van der Waals surface area contributed by atoms with Gasteiger partial charge in [0.05, 0.1) is 22.3 Å². The number of hydrogen-bond acceptors (Lipinski definition) is 8. The summed E-state index contributed by atoms with van der Waals surface area (Å²) in [4.78, 5) is 52.1. The number of unbranched alkanes of at least 4 members (excludes halogenated alkanes) is 12. The minimum absolute atomic E-state index is 0.158. The highest BCUT2D eigenvalue weighted by Crippen LogP contribution is 2.27. The highest BCUT2D eigenvalue weighted by molar-refractivity contribution is 5.94. The summed E-state index contributed by atoms with van der Waals surface area (Å²) in [5.74, 6) is -1.49. The molecule has 8 heteroatoms. The van der Waals surface area contributed by atoms with Crippen molar-refractivity contribution in [2.75, 3.05) is 0 Å². The van der Waals surface area contributed by atoms with Gasteiger partial charge in [-0.1, -0.05) is 170 Å². The average Bonchev–Trinajstić information content (AvgIpc) is 3.41. The maximum atomic E-state index is 13.1. The van der Waals surface area contributed by atoms with Gasteiger partial charge in [-0.25, -0.2) is 19.2 Å². The molecule has 0 amide bonds. The highest BCUT2D eigenvalue weighted by Gasteiger charge is 2.16. The number of rotatable bonds is 26. The molecule has 0 radical (unpaired) electrons. The maximum absolute atomic E-state index is 13.1. The Morgan fingerprint density at radius 2 is 0.556 bits per heavy atom. The predicted molar refractivity (Wildman–Crippen MR) is 286 cm³/mol. The van der Waals surface area contributed by atoms with Gasteiger partial charge in [-0.05, 0) is 144 Å². The number of esters is 4. The average molecular weight is 963 g/mol. The van der Waals surface area contributed by atoms with Crippen LogP contribution in [-0.2, 0) is 12.8 Å². The van der Waals surface area contributed by atoms with Gasteiger partial charge in [0.1, 0.15) is 23.0 Å². The molecule has 0 aliphatic heterocycles. The smallest absolute Gasteiger partial charge is 0.343 e. The molecule has 0 saturated carbocycles. The first kappa shape index (κ1) is 52.2. The van der Waals surface area contributed by atoms with Crippen molar-refractivity contribution in [1.82, 2.24) is 0 Å². The van der Waals surface area contributed by atoms with Crippen LogP contribution < -0.4 is 18.9 Å². The molecule has 72 heavy (non-hydrogen) atoms. The Morgan fingerprint density at radius 3 is 0.875 bits per heavy atom. The van der Waals surface area contributed by atoms with Gasteiger partial charge in [-0.15, -0.1) is 0 Å². The minimum Gasteiger partial charge on any atom is -0.423 e. The zero-order valence-corrected chi connectivity index (χ0v) is 41.7. The van der Waals surface area contributed by atoms with Gasteiger partial charge in [-0.3, -0.25) is 0 Å². The number of carbonyl (C=O) groups is 4. The number of carbonyl (C=O) groups excluding carboxylic acids is 4. The maximum Gasteiger partial charge on any atom is 0.343 e. The van der Waals surface area contributed by atoms with Crippen LogP contribution in [0.1, 0.15) is 156 Å². The highest BCUT2D eigenvalue weighted by atomic mass is 16.6. The molecule has 7 aromatic carbocycles. The summed E-state index contributed by atoms with van der Waals surface area (Å²) in [6, 6.07) is 50.1. The van der Waals surface area contributed by atoms with Crippen molar-refractivity contribution >= 4 is 23.9 Å². The number of ether oxygens (including phenoxy) is 4. The third-order valence-electron chi connectivity index (χ3n) is 12.8. The van der Waals surface area contributed by atoms with E-state index in [1.54, 1.807) is 42.5 Å². The largest absolute Gasteiger partial charge is 0.423 e. The predicted octanol–water partition coefficient (Wildman–Crippen LogP) is 16.5. The lowest BCUT2D eigenvalue weighted by Gasteiger charge is -2.09. The summed E-state index contributed by atoms with van der Waals surface area (Å²) in [7, 11) is 0. The van der Waals surface area contributed by atoms with Crippen molar-refractivity contribution in [3.63, 3.8) is 0 Å². The molecule has 0 saturated heterocycles. The standard InChI is InChI=1S/C64H66O8/c1-3-5-7-9-11-13-15-18-47-22-26-49(27-23-47)51-30-34-53(35-31-51)61(65)69-57-42-38-55(39-43-57)63(67)71-59-20-17-21-60(46-59)72-64(68)56-40-44-58(45-41-56)70-62(66)54-36-32-52(33-37-54)50-28-24-48(25-29-50)19-16-14-12-10-8-6-4-2/h17,20-46H,3-16,18-19H2,1-2H3. The molecule has 0 aromatic heterocycles. The lowest BCUT2D eigenvalue weighted by Crippen LogP contribution is -2.11. The quantitative estimate of drug-likeness (QED) is 0.0300. The minimum atomic E-state index is -0.655. The monoisotopic (exact) mass is 962 g/mol. The lowest BCUT2D eigenvalue weighted by atomic mass is 10.00. The summed E-state index contributed by atoms with van der Waals surface area (Å²) < 4.78 is 22.3. The molecular formula is C64H66O8. The molecule has 0 fully saturated rings. The zero-order chi connectivity index (χ0) is 50.3. The Morgan fingerprint density at radius 1 is 0.292 bits per heavy atom.